The second kappa shape index (κ2) is 11.9. The molecule has 0 aliphatic carbocycles. The summed E-state index contributed by atoms with van der Waals surface area (Å²) in [6, 6.07) is 7.79. The Balaban J connectivity index is 0. The Bertz CT molecular complexity index is 174. The van der Waals surface area contributed by atoms with E-state index in [2.05, 4.69) is 0 Å². The molecule has 0 amide bonds. The molecule has 0 aliphatic rings. The van der Waals surface area contributed by atoms with E-state index in [1.165, 1.54) is 5.56 Å². The molecule has 0 bridgehead atoms. The second-order valence-corrected chi connectivity index (χ2v) is 2.54. The lowest BCUT2D eigenvalue weighted by Gasteiger charge is -1.90. The molecular weight excluding hydrogens is 178 g/mol. The van der Waals surface area contributed by atoms with Gasteiger partial charge >= 0.3 is 0 Å². The van der Waals surface area contributed by atoms with E-state index in [9.17, 15) is 0 Å². The van der Waals surface area contributed by atoms with Crippen molar-refractivity contribution in [3.05, 3.63) is 29.8 Å². The predicted octanol–water partition coefficient (Wildman–Crippen LogP) is 1.57. The van der Waals surface area contributed by atoms with Gasteiger partial charge in [0, 0.05) is 18.9 Å². The topological polar surface area (TPSA) is 66.5 Å². The van der Waals surface area contributed by atoms with E-state index in [4.69, 9.17) is 15.9 Å². The quantitative estimate of drug-likeness (QED) is 0.556. The summed E-state index contributed by atoms with van der Waals surface area (Å²) in [5, 5.41) is 15.1. The normalized spacial score (nSPS) is 7.79. The zero-order valence-corrected chi connectivity index (χ0v) is 9.20. The van der Waals surface area contributed by atoms with Crippen LogP contribution in [-0.2, 0) is 0 Å². The van der Waals surface area contributed by atoms with Crippen molar-refractivity contribution in [3.63, 3.8) is 0 Å². The van der Waals surface area contributed by atoms with Gasteiger partial charge in [-0.25, -0.2) is 0 Å². The fourth-order valence-electron chi connectivity index (χ4n) is 0.566. The maximum absolute atomic E-state index is 7.57. The zero-order chi connectivity index (χ0) is 11.4. The molecule has 1 aromatic rings. The van der Waals surface area contributed by atoms with Crippen LogP contribution in [0.4, 0.5) is 5.69 Å². The van der Waals surface area contributed by atoms with Crippen LogP contribution in [0.3, 0.4) is 0 Å². The average molecular weight is 199 g/mol. The van der Waals surface area contributed by atoms with Gasteiger partial charge in [0.05, 0.1) is 0 Å². The predicted molar refractivity (Wildman–Crippen MR) is 61.1 cm³/mol. The summed E-state index contributed by atoms with van der Waals surface area (Å²) in [5.41, 5.74) is 7.51. The van der Waals surface area contributed by atoms with Gasteiger partial charge in [0.2, 0.25) is 0 Å². The molecule has 0 unspecified atom stereocenters. The summed E-state index contributed by atoms with van der Waals surface area (Å²) in [7, 11) is 0. The Morgan fingerprint density at radius 1 is 1.00 bits per heavy atom. The van der Waals surface area contributed by atoms with Crippen molar-refractivity contribution >= 4 is 5.69 Å². The molecule has 0 heterocycles. The molecule has 0 saturated heterocycles. The smallest absolute Gasteiger partial charge is 0.0402 e. The number of benzene rings is 1. The molecule has 1 aromatic carbocycles. The van der Waals surface area contributed by atoms with Crippen molar-refractivity contribution in [2.24, 2.45) is 0 Å². The van der Waals surface area contributed by atoms with Crippen molar-refractivity contribution in [3.8, 4) is 0 Å². The summed E-state index contributed by atoms with van der Waals surface area (Å²) in [6.07, 6.45) is 0. The number of hydrogen-bond donors (Lipinski definition) is 3. The lowest BCUT2D eigenvalue weighted by molar-refractivity contribution is 0.318. The highest BCUT2D eigenvalue weighted by Gasteiger charge is 1.80. The van der Waals surface area contributed by atoms with Crippen LogP contribution in [-0.4, -0.2) is 23.4 Å². The molecule has 1 rings (SSSR count). The minimum Gasteiger partial charge on any atom is -0.399 e. The average Bonchev–Trinajstić information content (AvgIpc) is 2.13. The van der Waals surface area contributed by atoms with Crippen molar-refractivity contribution < 1.29 is 10.2 Å². The van der Waals surface area contributed by atoms with Gasteiger partial charge in [-0.2, -0.15) is 0 Å². The van der Waals surface area contributed by atoms with E-state index in [0.29, 0.717) is 0 Å². The molecule has 0 saturated carbocycles. The Labute approximate surface area is 86.2 Å². The van der Waals surface area contributed by atoms with E-state index in [-0.39, 0.29) is 13.2 Å². The van der Waals surface area contributed by atoms with Crippen LogP contribution in [0, 0.1) is 6.92 Å². The van der Waals surface area contributed by atoms with Gasteiger partial charge in [-0.1, -0.05) is 17.7 Å². The molecule has 3 heteroatoms. The van der Waals surface area contributed by atoms with Gasteiger partial charge in [-0.05, 0) is 32.9 Å². The van der Waals surface area contributed by atoms with E-state index in [1.807, 2.05) is 31.2 Å². The molecule has 14 heavy (non-hydrogen) atoms. The number of anilines is 1. The minimum atomic E-state index is 0.250. The highest BCUT2D eigenvalue weighted by atomic mass is 16.3. The maximum atomic E-state index is 7.57. The van der Waals surface area contributed by atoms with Crippen LogP contribution in [0.25, 0.3) is 0 Å². The molecule has 82 valence electrons. The zero-order valence-electron chi connectivity index (χ0n) is 9.20. The van der Waals surface area contributed by atoms with Gasteiger partial charge in [0.25, 0.3) is 0 Å². The van der Waals surface area contributed by atoms with Crippen LogP contribution in [0.1, 0.15) is 19.4 Å². The molecule has 3 nitrogen and oxygen atoms in total. The lowest BCUT2D eigenvalue weighted by Crippen LogP contribution is -1.81. The van der Waals surface area contributed by atoms with E-state index >= 15 is 0 Å². The number of rotatable bonds is 0. The van der Waals surface area contributed by atoms with Crippen molar-refractivity contribution in [1.29, 1.82) is 0 Å². The highest BCUT2D eigenvalue weighted by Crippen LogP contribution is 2.02. The Hall–Kier alpha value is -1.06. The molecule has 0 atom stereocenters. The maximum Gasteiger partial charge on any atom is 0.0402 e. The van der Waals surface area contributed by atoms with Crippen LogP contribution < -0.4 is 5.73 Å². The largest absolute Gasteiger partial charge is 0.399 e. The van der Waals surface area contributed by atoms with Gasteiger partial charge in [-0.3, -0.25) is 0 Å². The number of nitrogen functional groups attached to an aromatic ring is 1. The highest BCUT2D eigenvalue weighted by molar-refractivity contribution is 5.38. The first-order chi connectivity index (χ1) is 6.62. The van der Waals surface area contributed by atoms with E-state index < -0.39 is 0 Å². The molecule has 0 aromatic heterocycles. The number of aliphatic hydroxyl groups excluding tert-OH is 2. The third-order valence-electron chi connectivity index (χ3n) is 1.08. The summed E-state index contributed by atoms with van der Waals surface area (Å²) < 4.78 is 0. The Kier molecular flexibility index (Phi) is 13.1. The summed E-state index contributed by atoms with van der Waals surface area (Å²) >= 11 is 0. The molecule has 0 aliphatic heterocycles. The van der Waals surface area contributed by atoms with Gasteiger partial charge in [0.1, 0.15) is 0 Å². The van der Waals surface area contributed by atoms with Gasteiger partial charge in [-0.15, -0.1) is 0 Å². The SMILES string of the molecule is CCO.CCO.Cc1ccc(N)cc1. The summed E-state index contributed by atoms with van der Waals surface area (Å²) in [4.78, 5) is 0. The first-order valence-electron chi connectivity index (χ1n) is 4.66. The molecule has 0 fully saturated rings. The number of aliphatic hydroxyl groups is 2. The summed E-state index contributed by atoms with van der Waals surface area (Å²) in [6.45, 7) is 5.90. The molecule has 0 spiro atoms. The summed E-state index contributed by atoms with van der Waals surface area (Å²) in [5.74, 6) is 0. The van der Waals surface area contributed by atoms with Crippen LogP contribution >= 0.6 is 0 Å². The van der Waals surface area contributed by atoms with Crippen molar-refractivity contribution in [1.82, 2.24) is 0 Å². The lowest BCUT2D eigenvalue weighted by atomic mass is 10.2. The van der Waals surface area contributed by atoms with Gasteiger partial charge in [0.15, 0.2) is 0 Å². The fraction of sp³-hybridized carbons (Fsp3) is 0.455. The first kappa shape index (κ1) is 15.4. The second-order valence-electron chi connectivity index (χ2n) is 2.54. The van der Waals surface area contributed by atoms with Gasteiger partial charge < -0.3 is 15.9 Å². The number of aryl methyl sites for hydroxylation is 1. The van der Waals surface area contributed by atoms with E-state index in [1.54, 1.807) is 13.8 Å². The number of nitrogens with two attached hydrogens (primary N) is 1. The van der Waals surface area contributed by atoms with Crippen LogP contribution in [0.15, 0.2) is 24.3 Å². The first-order valence-corrected chi connectivity index (χ1v) is 4.66. The third-order valence-corrected chi connectivity index (χ3v) is 1.08. The Morgan fingerprint density at radius 2 is 1.29 bits per heavy atom. The fourth-order valence-corrected chi connectivity index (χ4v) is 0.566. The monoisotopic (exact) mass is 199 g/mol. The van der Waals surface area contributed by atoms with Crippen LogP contribution in [0.2, 0.25) is 0 Å². The molecule has 0 radical (unpaired) electrons. The number of hydrogen-bond acceptors (Lipinski definition) is 3. The Morgan fingerprint density at radius 3 is 1.50 bits per heavy atom. The van der Waals surface area contributed by atoms with Crippen molar-refractivity contribution in [2.45, 2.75) is 20.8 Å². The van der Waals surface area contributed by atoms with Crippen LogP contribution in [0.5, 0.6) is 0 Å². The van der Waals surface area contributed by atoms with Crippen molar-refractivity contribution in [2.75, 3.05) is 18.9 Å². The molecular formula is C11H21NO2. The van der Waals surface area contributed by atoms with E-state index in [0.717, 1.165) is 5.69 Å². The minimum absolute atomic E-state index is 0.250. The molecule has 4 N–H and O–H groups in total. The standard InChI is InChI=1S/C7H9N.2C2H6O/c1-6-2-4-7(8)5-3-6;2*1-2-3/h2-5H,8H2,1H3;2*3H,2H2,1H3. The third kappa shape index (κ3) is 13.5.